The zero-order valence-corrected chi connectivity index (χ0v) is 13.1. The molecule has 2 aromatic carbocycles. The number of hydrogen-bond donors (Lipinski definition) is 2. The maximum absolute atomic E-state index is 9.51. The highest BCUT2D eigenvalue weighted by atomic mass is 127. The van der Waals surface area contributed by atoms with Crippen LogP contribution in [0.4, 0.5) is 5.69 Å². The summed E-state index contributed by atoms with van der Waals surface area (Å²) in [6, 6.07) is 11.8. The molecule has 3 rings (SSSR count). The summed E-state index contributed by atoms with van der Waals surface area (Å²) in [5.74, 6) is 0.348. The van der Waals surface area contributed by atoms with E-state index in [9.17, 15) is 5.11 Å². The number of aryl methyl sites for hydroxylation is 1. The average Bonchev–Trinajstić information content (AvgIpc) is 2.75. The molecule has 2 aromatic rings. The van der Waals surface area contributed by atoms with Gasteiger partial charge in [-0.25, -0.2) is 0 Å². The van der Waals surface area contributed by atoms with Crippen LogP contribution in [0, 0.1) is 3.57 Å². The molecule has 0 saturated heterocycles. The van der Waals surface area contributed by atoms with E-state index in [1.165, 1.54) is 11.1 Å². The van der Waals surface area contributed by atoms with Gasteiger partial charge in [0, 0.05) is 14.3 Å². The van der Waals surface area contributed by atoms with Crippen molar-refractivity contribution in [3.8, 4) is 5.75 Å². The lowest BCUT2D eigenvalue weighted by Gasteiger charge is -2.17. The second kappa shape index (κ2) is 5.21. The topological polar surface area (TPSA) is 32.3 Å². The van der Waals surface area contributed by atoms with Crippen molar-refractivity contribution in [3.63, 3.8) is 0 Å². The molecular weight excluding hydrogens is 373 g/mol. The van der Waals surface area contributed by atoms with E-state index in [4.69, 9.17) is 11.6 Å². The molecule has 2 N–H and O–H groups in total. The fourth-order valence-corrected chi connectivity index (χ4v) is 3.58. The lowest BCUT2D eigenvalue weighted by atomic mass is 10.1. The first-order chi connectivity index (χ1) is 9.13. The largest absolute Gasteiger partial charge is 0.508 e. The summed E-state index contributed by atoms with van der Waals surface area (Å²) in [5.41, 5.74) is 3.63. The minimum absolute atomic E-state index is 0.310. The number of anilines is 1. The molecule has 0 fully saturated rings. The van der Waals surface area contributed by atoms with Crippen molar-refractivity contribution in [3.05, 3.63) is 56.1 Å². The van der Waals surface area contributed by atoms with Crippen molar-refractivity contribution < 1.29 is 5.11 Å². The molecule has 0 aliphatic heterocycles. The first-order valence-corrected chi connectivity index (χ1v) is 7.62. The SMILES string of the molecule is Oc1ccc2c(c1)CCC2Nc1ccc(Cl)cc1I. The maximum atomic E-state index is 9.51. The van der Waals surface area contributed by atoms with Gasteiger partial charge in [-0.15, -0.1) is 0 Å². The molecule has 4 heteroatoms. The molecule has 0 spiro atoms. The minimum atomic E-state index is 0.310. The van der Waals surface area contributed by atoms with Crippen LogP contribution in [0.3, 0.4) is 0 Å². The predicted molar refractivity (Wildman–Crippen MR) is 87.0 cm³/mol. The molecule has 1 unspecified atom stereocenters. The molecule has 1 aliphatic rings. The van der Waals surface area contributed by atoms with Crippen LogP contribution in [0.25, 0.3) is 0 Å². The first kappa shape index (κ1) is 13.1. The summed E-state index contributed by atoms with van der Waals surface area (Å²) in [6.07, 6.45) is 2.06. The van der Waals surface area contributed by atoms with Crippen LogP contribution in [0.1, 0.15) is 23.6 Å². The van der Waals surface area contributed by atoms with E-state index in [-0.39, 0.29) is 0 Å². The highest BCUT2D eigenvalue weighted by Gasteiger charge is 2.23. The van der Waals surface area contributed by atoms with Crippen molar-refractivity contribution in [2.24, 2.45) is 0 Å². The summed E-state index contributed by atoms with van der Waals surface area (Å²) < 4.78 is 1.12. The van der Waals surface area contributed by atoms with Gasteiger partial charge < -0.3 is 10.4 Å². The van der Waals surface area contributed by atoms with Gasteiger partial charge in [-0.05, 0) is 76.9 Å². The van der Waals surface area contributed by atoms with Crippen molar-refractivity contribution in [1.82, 2.24) is 0 Å². The van der Waals surface area contributed by atoms with Crippen molar-refractivity contribution >= 4 is 39.9 Å². The number of phenolic OH excluding ortho intramolecular Hbond substituents is 1. The van der Waals surface area contributed by atoms with Gasteiger partial charge in [0.05, 0.1) is 6.04 Å². The van der Waals surface area contributed by atoms with Crippen molar-refractivity contribution in [1.29, 1.82) is 0 Å². The number of benzene rings is 2. The van der Waals surface area contributed by atoms with Gasteiger partial charge in [-0.2, -0.15) is 0 Å². The Balaban J connectivity index is 1.86. The lowest BCUT2D eigenvalue weighted by Crippen LogP contribution is -2.08. The highest BCUT2D eigenvalue weighted by Crippen LogP contribution is 2.36. The number of halogens is 2. The zero-order valence-electron chi connectivity index (χ0n) is 10.2. The number of hydrogen-bond acceptors (Lipinski definition) is 2. The van der Waals surface area contributed by atoms with Crippen LogP contribution in [0.2, 0.25) is 5.02 Å². The second-order valence-corrected chi connectivity index (χ2v) is 6.34. The molecule has 0 aromatic heterocycles. The number of phenols is 1. The standard InChI is InChI=1S/C15H13ClINO/c16-10-2-6-15(13(17)8-10)18-14-5-1-9-7-11(19)3-4-12(9)14/h2-4,6-8,14,18-19H,1,5H2. The Hall–Kier alpha value is -0.940. The highest BCUT2D eigenvalue weighted by molar-refractivity contribution is 14.1. The van der Waals surface area contributed by atoms with Gasteiger partial charge in [0.25, 0.3) is 0 Å². The second-order valence-electron chi connectivity index (χ2n) is 4.74. The summed E-state index contributed by atoms with van der Waals surface area (Å²) in [5, 5.41) is 13.8. The van der Waals surface area contributed by atoms with Crippen LogP contribution in [-0.4, -0.2) is 5.11 Å². The molecule has 0 bridgehead atoms. The number of aromatic hydroxyl groups is 1. The van der Waals surface area contributed by atoms with E-state index < -0.39 is 0 Å². The van der Waals surface area contributed by atoms with Crippen LogP contribution in [-0.2, 0) is 6.42 Å². The molecule has 98 valence electrons. The Kier molecular flexibility index (Phi) is 3.58. The minimum Gasteiger partial charge on any atom is -0.508 e. The first-order valence-electron chi connectivity index (χ1n) is 6.17. The summed E-state index contributed by atoms with van der Waals surface area (Å²) in [7, 11) is 0. The summed E-state index contributed by atoms with van der Waals surface area (Å²) in [4.78, 5) is 0. The number of rotatable bonds is 2. The molecule has 0 heterocycles. The summed E-state index contributed by atoms with van der Waals surface area (Å²) in [6.45, 7) is 0. The van der Waals surface area contributed by atoms with E-state index in [1.54, 1.807) is 6.07 Å². The van der Waals surface area contributed by atoms with E-state index in [1.807, 2.05) is 30.3 Å². The molecular formula is C15H13ClINO. The monoisotopic (exact) mass is 385 g/mol. The van der Waals surface area contributed by atoms with E-state index in [2.05, 4.69) is 27.9 Å². The molecule has 2 nitrogen and oxygen atoms in total. The Labute approximate surface area is 130 Å². The normalized spacial score (nSPS) is 17.3. The van der Waals surface area contributed by atoms with Gasteiger partial charge in [0.15, 0.2) is 0 Å². The fraction of sp³-hybridized carbons (Fsp3) is 0.200. The molecule has 0 radical (unpaired) electrons. The zero-order chi connectivity index (χ0) is 13.4. The molecule has 19 heavy (non-hydrogen) atoms. The van der Waals surface area contributed by atoms with Crippen LogP contribution in [0.5, 0.6) is 5.75 Å². The van der Waals surface area contributed by atoms with Gasteiger partial charge in [0.1, 0.15) is 5.75 Å². The third-order valence-corrected chi connectivity index (χ3v) is 4.59. The fourth-order valence-electron chi connectivity index (χ4n) is 2.55. The van der Waals surface area contributed by atoms with Gasteiger partial charge in [0.2, 0.25) is 0 Å². The lowest BCUT2D eigenvalue weighted by molar-refractivity contribution is 0.474. The average molecular weight is 386 g/mol. The molecule has 0 amide bonds. The van der Waals surface area contributed by atoms with E-state index in [0.717, 1.165) is 27.1 Å². The van der Waals surface area contributed by atoms with Crippen LogP contribution < -0.4 is 5.32 Å². The smallest absolute Gasteiger partial charge is 0.115 e. The van der Waals surface area contributed by atoms with E-state index in [0.29, 0.717) is 11.8 Å². The Bertz CT molecular complexity index is 630. The quantitative estimate of drug-likeness (QED) is 0.731. The molecule has 0 saturated carbocycles. The Morgan fingerprint density at radius 2 is 2.05 bits per heavy atom. The van der Waals surface area contributed by atoms with Gasteiger partial charge >= 0.3 is 0 Å². The number of nitrogens with one attached hydrogen (secondary N) is 1. The Morgan fingerprint density at radius 3 is 2.84 bits per heavy atom. The van der Waals surface area contributed by atoms with Crippen LogP contribution >= 0.6 is 34.2 Å². The Morgan fingerprint density at radius 1 is 1.21 bits per heavy atom. The molecule has 1 atom stereocenters. The van der Waals surface area contributed by atoms with Gasteiger partial charge in [-0.3, -0.25) is 0 Å². The summed E-state index contributed by atoms with van der Waals surface area (Å²) >= 11 is 8.26. The van der Waals surface area contributed by atoms with E-state index >= 15 is 0 Å². The van der Waals surface area contributed by atoms with Gasteiger partial charge in [-0.1, -0.05) is 17.7 Å². The third-order valence-electron chi connectivity index (χ3n) is 3.47. The maximum Gasteiger partial charge on any atom is 0.115 e. The molecule has 1 aliphatic carbocycles. The van der Waals surface area contributed by atoms with Crippen LogP contribution in [0.15, 0.2) is 36.4 Å². The number of fused-ring (bicyclic) bond motifs is 1. The third kappa shape index (κ3) is 2.67. The van der Waals surface area contributed by atoms with Crippen molar-refractivity contribution in [2.45, 2.75) is 18.9 Å². The van der Waals surface area contributed by atoms with Crippen molar-refractivity contribution in [2.75, 3.05) is 5.32 Å². The predicted octanol–water partition coefficient (Wildman–Crippen LogP) is 4.75.